The number of fused-ring (bicyclic) bond motifs is 1. The average Bonchev–Trinajstić information content (AvgIpc) is 3.04. The number of hydrogen-bond acceptors (Lipinski definition) is 3. The quantitative estimate of drug-likeness (QED) is 0.463. The van der Waals surface area contributed by atoms with E-state index in [4.69, 9.17) is 0 Å². The standard InChI is InChI=1S/C21H24N4O2/c1-15(26)24-17-5-4-6-18(13-17)25-21(27)10-12-22-11-9-16-14-23-20-8-3-2-7-19(16)20/h2-8,13-14,22-23H,9-12H2,1H3,(H,24,26)(H,25,27). The number of aromatic amines is 1. The summed E-state index contributed by atoms with van der Waals surface area (Å²) in [7, 11) is 0. The summed E-state index contributed by atoms with van der Waals surface area (Å²) in [5, 5.41) is 10.1. The Kier molecular flexibility index (Phi) is 6.22. The number of benzene rings is 2. The molecule has 140 valence electrons. The van der Waals surface area contributed by atoms with Gasteiger partial charge in [-0.1, -0.05) is 24.3 Å². The lowest BCUT2D eigenvalue weighted by Gasteiger charge is -2.08. The molecule has 4 N–H and O–H groups in total. The first kappa shape index (κ1) is 18.7. The van der Waals surface area contributed by atoms with Crippen LogP contribution < -0.4 is 16.0 Å². The summed E-state index contributed by atoms with van der Waals surface area (Å²) in [6, 6.07) is 15.4. The molecule has 3 aromatic rings. The van der Waals surface area contributed by atoms with Gasteiger partial charge in [0.1, 0.15) is 0 Å². The average molecular weight is 364 g/mol. The van der Waals surface area contributed by atoms with Crippen molar-refractivity contribution in [2.24, 2.45) is 0 Å². The van der Waals surface area contributed by atoms with Gasteiger partial charge in [-0.15, -0.1) is 0 Å². The number of rotatable bonds is 8. The predicted molar refractivity (Wildman–Crippen MR) is 109 cm³/mol. The van der Waals surface area contributed by atoms with Gasteiger partial charge in [0.25, 0.3) is 0 Å². The fourth-order valence-corrected chi connectivity index (χ4v) is 2.99. The van der Waals surface area contributed by atoms with Crippen LogP contribution in [0.15, 0.2) is 54.7 Å². The number of nitrogens with one attached hydrogen (secondary N) is 4. The third-order valence-electron chi connectivity index (χ3n) is 4.24. The van der Waals surface area contributed by atoms with Crippen molar-refractivity contribution in [3.63, 3.8) is 0 Å². The summed E-state index contributed by atoms with van der Waals surface area (Å²) in [6.45, 7) is 2.87. The lowest BCUT2D eigenvalue weighted by molar-refractivity contribution is -0.116. The highest BCUT2D eigenvalue weighted by Crippen LogP contribution is 2.18. The summed E-state index contributed by atoms with van der Waals surface area (Å²) >= 11 is 0. The van der Waals surface area contributed by atoms with Gasteiger partial charge in [0, 0.05) is 48.4 Å². The van der Waals surface area contributed by atoms with Crippen molar-refractivity contribution < 1.29 is 9.59 Å². The van der Waals surface area contributed by atoms with Gasteiger partial charge in [-0.05, 0) is 42.8 Å². The van der Waals surface area contributed by atoms with Crippen molar-refractivity contribution in [1.29, 1.82) is 0 Å². The fraction of sp³-hybridized carbons (Fsp3) is 0.238. The number of para-hydroxylation sites is 1. The van der Waals surface area contributed by atoms with Crippen molar-refractivity contribution in [3.05, 3.63) is 60.3 Å². The number of aromatic nitrogens is 1. The Hall–Kier alpha value is -3.12. The Bertz CT molecular complexity index is 933. The number of H-pyrrole nitrogens is 1. The molecule has 1 aromatic heterocycles. The van der Waals surface area contributed by atoms with Crippen LogP contribution in [0, 0.1) is 0 Å². The normalized spacial score (nSPS) is 10.7. The van der Waals surface area contributed by atoms with Gasteiger partial charge in [0.15, 0.2) is 0 Å². The monoisotopic (exact) mass is 364 g/mol. The second-order valence-corrected chi connectivity index (χ2v) is 6.42. The van der Waals surface area contributed by atoms with E-state index in [1.54, 1.807) is 24.3 Å². The Morgan fingerprint density at radius 3 is 2.56 bits per heavy atom. The van der Waals surface area contributed by atoms with E-state index in [-0.39, 0.29) is 11.8 Å². The highest BCUT2D eigenvalue weighted by atomic mass is 16.2. The van der Waals surface area contributed by atoms with Crippen LogP contribution in [0.1, 0.15) is 18.9 Å². The molecule has 1 heterocycles. The third kappa shape index (κ3) is 5.43. The van der Waals surface area contributed by atoms with Crippen LogP contribution in [0.4, 0.5) is 11.4 Å². The SMILES string of the molecule is CC(=O)Nc1cccc(NC(=O)CCNCCc2c[nH]c3ccccc23)c1. The van der Waals surface area contributed by atoms with E-state index in [1.807, 2.05) is 18.3 Å². The van der Waals surface area contributed by atoms with E-state index < -0.39 is 0 Å². The summed E-state index contributed by atoms with van der Waals surface area (Å²) < 4.78 is 0. The zero-order valence-electron chi connectivity index (χ0n) is 15.3. The van der Waals surface area contributed by atoms with E-state index in [0.717, 1.165) is 18.5 Å². The van der Waals surface area contributed by atoms with Crippen molar-refractivity contribution in [2.75, 3.05) is 23.7 Å². The molecule has 0 aliphatic carbocycles. The number of anilines is 2. The van der Waals surface area contributed by atoms with Gasteiger partial charge < -0.3 is 20.9 Å². The van der Waals surface area contributed by atoms with Crippen molar-refractivity contribution in [3.8, 4) is 0 Å². The van der Waals surface area contributed by atoms with Crippen LogP contribution >= 0.6 is 0 Å². The molecule has 0 radical (unpaired) electrons. The first-order chi connectivity index (χ1) is 13.1. The van der Waals surface area contributed by atoms with Crippen molar-refractivity contribution in [2.45, 2.75) is 19.8 Å². The summed E-state index contributed by atoms with van der Waals surface area (Å²) in [6.07, 6.45) is 3.34. The number of carbonyl (C=O) groups is 2. The molecule has 6 heteroatoms. The number of amides is 2. The van der Waals surface area contributed by atoms with Gasteiger partial charge in [-0.2, -0.15) is 0 Å². The van der Waals surface area contributed by atoms with E-state index in [2.05, 4.69) is 33.1 Å². The molecule has 0 saturated heterocycles. The number of carbonyl (C=O) groups excluding carboxylic acids is 2. The minimum absolute atomic E-state index is 0.0606. The van der Waals surface area contributed by atoms with E-state index in [9.17, 15) is 9.59 Å². The van der Waals surface area contributed by atoms with E-state index >= 15 is 0 Å². The first-order valence-corrected chi connectivity index (χ1v) is 9.05. The van der Waals surface area contributed by atoms with Crippen LogP contribution in [0.5, 0.6) is 0 Å². The largest absolute Gasteiger partial charge is 0.361 e. The Balaban J connectivity index is 1.39. The minimum Gasteiger partial charge on any atom is -0.361 e. The Morgan fingerprint density at radius 2 is 1.74 bits per heavy atom. The topological polar surface area (TPSA) is 86.0 Å². The highest BCUT2D eigenvalue weighted by Gasteiger charge is 2.05. The van der Waals surface area contributed by atoms with E-state index in [0.29, 0.717) is 24.3 Å². The van der Waals surface area contributed by atoms with Crippen LogP contribution in [-0.2, 0) is 16.0 Å². The highest BCUT2D eigenvalue weighted by molar-refractivity contribution is 5.93. The molecule has 0 saturated carbocycles. The van der Waals surface area contributed by atoms with Crippen LogP contribution in [-0.4, -0.2) is 29.9 Å². The lowest BCUT2D eigenvalue weighted by Crippen LogP contribution is -2.23. The van der Waals surface area contributed by atoms with Gasteiger partial charge in [-0.3, -0.25) is 9.59 Å². The second-order valence-electron chi connectivity index (χ2n) is 6.42. The van der Waals surface area contributed by atoms with Gasteiger partial charge in [0.05, 0.1) is 0 Å². The lowest BCUT2D eigenvalue weighted by atomic mass is 10.1. The molecule has 2 amide bonds. The smallest absolute Gasteiger partial charge is 0.225 e. The Labute approximate surface area is 158 Å². The maximum atomic E-state index is 12.1. The number of hydrogen-bond donors (Lipinski definition) is 4. The molecule has 0 aliphatic rings. The molecule has 0 unspecified atom stereocenters. The zero-order chi connectivity index (χ0) is 19.1. The van der Waals surface area contributed by atoms with Crippen LogP contribution in [0.3, 0.4) is 0 Å². The minimum atomic E-state index is -0.141. The second kappa shape index (κ2) is 9.00. The van der Waals surface area contributed by atoms with Gasteiger partial charge in [0.2, 0.25) is 11.8 Å². The third-order valence-corrected chi connectivity index (χ3v) is 4.24. The molecule has 0 atom stereocenters. The Morgan fingerprint density at radius 1 is 0.963 bits per heavy atom. The van der Waals surface area contributed by atoms with E-state index in [1.165, 1.54) is 17.9 Å². The molecule has 0 spiro atoms. The van der Waals surface area contributed by atoms with Crippen molar-refractivity contribution in [1.82, 2.24) is 10.3 Å². The molecular formula is C21H24N4O2. The maximum absolute atomic E-state index is 12.1. The molecule has 27 heavy (non-hydrogen) atoms. The zero-order valence-corrected chi connectivity index (χ0v) is 15.3. The molecule has 2 aromatic carbocycles. The van der Waals surface area contributed by atoms with Crippen LogP contribution in [0.2, 0.25) is 0 Å². The molecule has 0 fully saturated rings. The molecule has 0 aliphatic heterocycles. The van der Waals surface area contributed by atoms with Crippen LogP contribution in [0.25, 0.3) is 10.9 Å². The van der Waals surface area contributed by atoms with Crippen molar-refractivity contribution >= 4 is 34.1 Å². The summed E-state index contributed by atoms with van der Waals surface area (Å²) in [5.41, 5.74) is 3.76. The fourth-order valence-electron chi connectivity index (χ4n) is 2.99. The maximum Gasteiger partial charge on any atom is 0.225 e. The summed E-state index contributed by atoms with van der Waals surface area (Å²) in [5.74, 6) is -0.201. The predicted octanol–water partition coefficient (Wildman–Crippen LogP) is 3.29. The first-order valence-electron chi connectivity index (χ1n) is 9.05. The molecular weight excluding hydrogens is 340 g/mol. The molecule has 6 nitrogen and oxygen atoms in total. The van der Waals surface area contributed by atoms with Gasteiger partial charge >= 0.3 is 0 Å². The molecule has 0 bridgehead atoms. The summed E-state index contributed by atoms with van der Waals surface area (Å²) in [4.78, 5) is 26.4. The van der Waals surface area contributed by atoms with Gasteiger partial charge in [-0.25, -0.2) is 0 Å². The molecule has 3 rings (SSSR count).